The van der Waals surface area contributed by atoms with Crippen LogP contribution in [0.3, 0.4) is 0 Å². The Balaban J connectivity index is 1.51. The molecule has 33 heavy (non-hydrogen) atoms. The van der Waals surface area contributed by atoms with Gasteiger partial charge in [-0.1, -0.05) is 34.6 Å². The third-order valence-electron chi connectivity index (χ3n) is 11.1. The molecular formula is C27H51NO4Si. The van der Waals surface area contributed by atoms with E-state index in [1.165, 1.54) is 0 Å². The number of fused-ring (bicyclic) bond motifs is 2. The van der Waals surface area contributed by atoms with Crippen molar-refractivity contribution >= 4 is 8.32 Å². The van der Waals surface area contributed by atoms with Crippen molar-refractivity contribution in [1.29, 1.82) is 0 Å². The summed E-state index contributed by atoms with van der Waals surface area (Å²) in [5, 5.41) is 11.8. The minimum atomic E-state index is -1.84. The van der Waals surface area contributed by atoms with Gasteiger partial charge in [0, 0.05) is 17.9 Å². The van der Waals surface area contributed by atoms with Crippen molar-refractivity contribution in [3.8, 4) is 0 Å². The zero-order valence-corrected chi connectivity index (χ0v) is 23.4. The molecule has 0 bridgehead atoms. The quantitative estimate of drug-likeness (QED) is 0.510. The van der Waals surface area contributed by atoms with E-state index in [4.69, 9.17) is 19.6 Å². The molecule has 3 unspecified atom stereocenters. The summed E-state index contributed by atoms with van der Waals surface area (Å²) in [6.07, 6.45) is 8.19. The summed E-state index contributed by atoms with van der Waals surface area (Å²) in [5.74, 6) is 1.20. The molecule has 1 heterocycles. The normalized spacial score (nSPS) is 43.7. The Labute approximate surface area is 203 Å². The molecule has 1 saturated heterocycles. The highest BCUT2D eigenvalue weighted by atomic mass is 28.4. The molecule has 0 aromatic carbocycles. The SMILES string of the molecule is CC(C)(C)[Si](C)(C)OC1CC[C@](C)(C2CC[C@@]3(C)C(CCC34OCCO4)[C@@H]2CCN)[C@@H](O)C1. The predicted octanol–water partition coefficient (Wildman–Crippen LogP) is 5.46. The van der Waals surface area contributed by atoms with Crippen molar-refractivity contribution in [2.45, 2.75) is 122 Å². The van der Waals surface area contributed by atoms with Crippen LogP contribution in [0, 0.1) is 28.6 Å². The Bertz CT molecular complexity index is 703. The fraction of sp³-hybridized carbons (Fsp3) is 1.00. The summed E-state index contributed by atoms with van der Waals surface area (Å²) >= 11 is 0. The molecule has 0 aromatic heterocycles. The van der Waals surface area contributed by atoms with Crippen LogP contribution in [0.25, 0.3) is 0 Å². The fourth-order valence-corrected chi connectivity index (χ4v) is 9.40. The van der Waals surface area contributed by atoms with Crippen LogP contribution in [0.1, 0.15) is 86.0 Å². The van der Waals surface area contributed by atoms with Crippen molar-refractivity contribution in [1.82, 2.24) is 0 Å². The van der Waals surface area contributed by atoms with Crippen LogP contribution >= 0.6 is 0 Å². The van der Waals surface area contributed by atoms with Crippen LogP contribution in [-0.2, 0) is 13.9 Å². The van der Waals surface area contributed by atoms with Crippen molar-refractivity contribution in [3.05, 3.63) is 0 Å². The fourth-order valence-electron chi connectivity index (χ4n) is 7.99. The van der Waals surface area contributed by atoms with Crippen LogP contribution in [-0.4, -0.2) is 51.2 Å². The van der Waals surface area contributed by atoms with Crippen LogP contribution in [0.2, 0.25) is 18.1 Å². The third kappa shape index (κ3) is 4.19. The predicted molar refractivity (Wildman–Crippen MR) is 135 cm³/mol. The Morgan fingerprint density at radius 1 is 1.00 bits per heavy atom. The second kappa shape index (κ2) is 8.84. The standard InChI is InChI=1S/C27H51NO4Si/c1-24(2,3)33(6,7)32-19-8-12-25(4,23(29)18-19)21-9-13-26(5)22(20(21)11-15-28)10-14-27(26)30-16-17-31-27/h19-23,29H,8-18,28H2,1-7H3/t19?,20-,21?,22?,23+,25-,26+/m1/s1. The highest BCUT2D eigenvalue weighted by Crippen LogP contribution is 2.66. The Morgan fingerprint density at radius 2 is 1.64 bits per heavy atom. The van der Waals surface area contributed by atoms with Crippen molar-refractivity contribution in [3.63, 3.8) is 0 Å². The molecular weight excluding hydrogens is 430 g/mol. The number of hydrogen-bond donors (Lipinski definition) is 2. The van der Waals surface area contributed by atoms with E-state index in [1.54, 1.807) is 0 Å². The Morgan fingerprint density at radius 3 is 2.21 bits per heavy atom. The average Bonchev–Trinajstić information content (AvgIpc) is 3.31. The topological polar surface area (TPSA) is 73.9 Å². The van der Waals surface area contributed by atoms with Gasteiger partial charge in [0.25, 0.3) is 0 Å². The van der Waals surface area contributed by atoms with Gasteiger partial charge in [-0.25, -0.2) is 0 Å². The number of ether oxygens (including phenoxy) is 2. The lowest BCUT2D eigenvalue weighted by molar-refractivity contribution is -0.245. The van der Waals surface area contributed by atoms with Gasteiger partial charge in [-0.2, -0.15) is 0 Å². The van der Waals surface area contributed by atoms with Gasteiger partial charge in [-0.05, 0) is 92.8 Å². The van der Waals surface area contributed by atoms with Gasteiger partial charge in [-0.15, -0.1) is 0 Å². The van der Waals surface area contributed by atoms with Gasteiger partial charge in [-0.3, -0.25) is 0 Å². The molecule has 3 saturated carbocycles. The van der Waals surface area contributed by atoms with E-state index in [1.807, 2.05) is 0 Å². The van der Waals surface area contributed by atoms with Gasteiger partial charge in [0.05, 0.1) is 19.3 Å². The molecule has 192 valence electrons. The van der Waals surface area contributed by atoms with E-state index < -0.39 is 8.32 Å². The lowest BCUT2D eigenvalue weighted by Gasteiger charge is -2.57. The molecule has 5 nitrogen and oxygen atoms in total. The van der Waals surface area contributed by atoms with Gasteiger partial charge >= 0.3 is 0 Å². The highest BCUT2D eigenvalue weighted by molar-refractivity contribution is 6.74. The monoisotopic (exact) mass is 481 g/mol. The molecule has 7 atom stereocenters. The van der Waals surface area contributed by atoms with Crippen molar-refractivity contribution < 1.29 is 19.0 Å². The lowest BCUT2D eigenvalue weighted by Crippen LogP contribution is -2.57. The number of nitrogens with two attached hydrogens (primary N) is 1. The maximum atomic E-state index is 11.6. The first kappa shape index (κ1) is 26.1. The molecule has 1 aliphatic heterocycles. The molecule has 0 amide bonds. The van der Waals surface area contributed by atoms with Gasteiger partial charge in [0.15, 0.2) is 14.1 Å². The summed E-state index contributed by atoms with van der Waals surface area (Å²) in [4.78, 5) is 0. The number of hydrogen-bond acceptors (Lipinski definition) is 5. The first-order chi connectivity index (χ1) is 15.3. The average molecular weight is 482 g/mol. The molecule has 4 fully saturated rings. The van der Waals surface area contributed by atoms with E-state index in [0.29, 0.717) is 24.3 Å². The van der Waals surface area contributed by atoms with E-state index in [-0.39, 0.29) is 33.9 Å². The molecule has 0 aromatic rings. The van der Waals surface area contributed by atoms with E-state index in [2.05, 4.69) is 47.7 Å². The lowest BCUT2D eigenvalue weighted by atomic mass is 9.50. The highest BCUT2D eigenvalue weighted by Gasteiger charge is 2.66. The molecule has 1 spiro atoms. The van der Waals surface area contributed by atoms with Gasteiger partial charge < -0.3 is 24.7 Å². The second-order valence-corrected chi connectivity index (χ2v) is 18.5. The van der Waals surface area contributed by atoms with E-state index in [9.17, 15) is 5.11 Å². The first-order valence-corrected chi connectivity index (χ1v) is 16.5. The minimum absolute atomic E-state index is 0.0593. The molecule has 6 heteroatoms. The van der Waals surface area contributed by atoms with Crippen LogP contribution in [0.15, 0.2) is 0 Å². The van der Waals surface area contributed by atoms with E-state index >= 15 is 0 Å². The minimum Gasteiger partial charge on any atom is -0.414 e. The van der Waals surface area contributed by atoms with Crippen LogP contribution < -0.4 is 5.73 Å². The molecule has 3 aliphatic carbocycles. The van der Waals surface area contributed by atoms with Crippen LogP contribution in [0.4, 0.5) is 0 Å². The Hall–Kier alpha value is 0.0169. The summed E-state index contributed by atoms with van der Waals surface area (Å²) in [6.45, 7) is 18.5. The first-order valence-electron chi connectivity index (χ1n) is 13.6. The second-order valence-electron chi connectivity index (χ2n) is 13.7. The summed E-state index contributed by atoms with van der Waals surface area (Å²) in [5.41, 5.74) is 6.18. The van der Waals surface area contributed by atoms with Crippen LogP contribution in [0.5, 0.6) is 0 Å². The molecule has 3 N–H and O–H groups in total. The smallest absolute Gasteiger partial charge is 0.192 e. The zero-order valence-electron chi connectivity index (χ0n) is 22.4. The zero-order chi connectivity index (χ0) is 24.3. The third-order valence-corrected chi connectivity index (χ3v) is 15.6. The Kier molecular flexibility index (Phi) is 6.99. The maximum Gasteiger partial charge on any atom is 0.192 e. The van der Waals surface area contributed by atoms with Crippen molar-refractivity contribution in [2.75, 3.05) is 19.8 Å². The number of aliphatic hydroxyl groups is 1. The largest absolute Gasteiger partial charge is 0.414 e. The molecule has 4 aliphatic rings. The van der Waals surface area contributed by atoms with Gasteiger partial charge in [0.1, 0.15) is 0 Å². The molecule has 0 radical (unpaired) electrons. The number of aliphatic hydroxyl groups excluding tert-OH is 1. The maximum absolute atomic E-state index is 11.6. The summed E-state index contributed by atoms with van der Waals surface area (Å²) < 4.78 is 19.3. The van der Waals surface area contributed by atoms with E-state index in [0.717, 1.165) is 64.6 Å². The summed E-state index contributed by atoms with van der Waals surface area (Å²) in [6, 6.07) is 0. The van der Waals surface area contributed by atoms with Gasteiger partial charge in [0.2, 0.25) is 0 Å². The summed E-state index contributed by atoms with van der Waals surface area (Å²) in [7, 11) is -1.84. The van der Waals surface area contributed by atoms with Crippen molar-refractivity contribution in [2.24, 2.45) is 34.3 Å². The number of rotatable bonds is 5. The molecule has 4 rings (SSSR count).